The molecule has 2 atom stereocenters. The average molecular weight is 389 g/mol. The molecule has 0 bridgehead atoms. The summed E-state index contributed by atoms with van der Waals surface area (Å²) >= 11 is 0. The number of rotatable bonds is 4. The van der Waals surface area contributed by atoms with E-state index in [0.717, 1.165) is 16.8 Å². The molecule has 1 aromatic heterocycles. The first-order valence-electron chi connectivity index (χ1n) is 9.70. The van der Waals surface area contributed by atoms with E-state index in [2.05, 4.69) is 17.4 Å². The van der Waals surface area contributed by atoms with Gasteiger partial charge in [0.05, 0.1) is 0 Å². The monoisotopic (exact) mass is 389 g/mol. The summed E-state index contributed by atoms with van der Waals surface area (Å²) in [6, 6.07) is 18.7. The van der Waals surface area contributed by atoms with Gasteiger partial charge in [-0.1, -0.05) is 60.6 Å². The second kappa shape index (κ2) is 7.91. The molecule has 0 radical (unpaired) electrons. The van der Waals surface area contributed by atoms with Crippen molar-refractivity contribution in [3.63, 3.8) is 0 Å². The van der Waals surface area contributed by atoms with Crippen LogP contribution in [0.3, 0.4) is 0 Å². The van der Waals surface area contributed by atoms with Crippen LogP contribution in [0.15, 0.2) is 65.2 Å². The largest absolute Gasteiger partial charge is 0.360 e. The quantitative estimate of drug-likeness (QED) is 0.741. The standard InChI is InChI=1S/C23H23N3O3/c1-15-12-20(23(28)26(2)21-11-7-6-10-18(15)21)24-22(27)19-14-17(29-25-19)13-16-8-4-3-5-9-16/h3-11,14-15,20H,12-13H2,1-2H3,(H,24,27)/t15-,20+/m0/s1. The predicted molar refractivity (Wildman–Crippen MR) is 110 cm³/mol. The van der Waals surface area contributed by atoms with E-state index in [1.807, 2.05) is 54.6 Å². The average Bonchev–Trinajstić information content (AvgIpc) is 3.18. The second-order valence-electron chi connectivity index (χ2n) is 7.46. The zero-order valence-corrected chi connectivity index (χ0v) is 16.5. The number of carbonyl (C=O) groups is 2. The van der Waals surface area contributed by atoms with E-state index in [-0.39, 0.29) is 17.5 Å². The molecule has 0 saturated heterocycles. The summed E-state index contributed by atoms with van der Waals surface area (Å²) in [5, 5.41) is 6.74. The van der Waals surface area contributed by atoms with Crippen molar-refractivity contribution in [2.75, 3.05) is 11.9 Å². The van der Waals surface area contributed by atoms with Crippen LogP contribution in [0.1, 0.15) is 46.6 Å². The normalized spacial score (nSPS) is 18.8. The minimum absolute atomic E-state index is 0.136. The lowest BCUT2D eigenvalue weighted by Crippen LogP contribution is -2.47. The van der Waals surface area contributed by atoms with Crippen LogP contribution in [0.2, 0.25) is 0 Å². The van der Waals surface area contributed by atoms with Gasteiger partial charge in [0.15, 0.2) is 5.69 Å². The summed E-state index contributed by atoms with van der Waals surface area (Å²) in [6.45, 7) is 2.07. The van der Waals surface area contributed by atoms with Crippen molar-refractivity contribution in [2.45, 2.75) is 31.7 Å². The molecule has 2 heterocycles. The van der Waals surface area contributed by atoms with E-state index in [1.165, 1.54) is 0 Å². The lowest BCUT2D eigenvalue weighted by atomic mass is 9.94. The van der Waals surface area contributed by atoms with E-state index >= 15 is 0 Å². The number of benzene rings is 2. The highest BCUT2D eigenvalue weighted by molar-refractivity contribution is 6.02. The third-order valence-corrected chi connectivity index (χ3v) is 5.37. The number of hydrogen-bond donors (Lipinski definition) is 1. The van der Waals surface area contributed by atoms with E-state index < -0.39 is 11.9 Å². The van der Waals surface area contributed by atoms with Crippen LogP contribution in [0.5, 0.6) is 0 Å². The molecular weight excluding hydrogens is 366 g/mol. The minimum atomic E-state index is -0.621. The predicted octanol–water partition coefficient (Wildman–Crippen LogP) is 3.53. The highest BCUT2D eigenvalue weighted by Crippen LogP contribution is 2.33. The molecule has 1 N–H and O–H groups in total. The van der Waals surface area contributed by atoms with Crippen LogP contribution >= 0.6 is 0 Å². The van der Waals surface area contributed by atoms with Gasteiger partial charge in [-0.2, -0.15) is 0 Å². The summed E-state index contributed by atoms with van der Waals surface area (Å²) < 4.78 is 5.32. The summed E-state index contributed by atoms with van der Waals surface area (Å²) in [7, 11) is 1.74. The number of aromatic nitrogens is 1. The Bertz CT molecular complexity index is 1030. The van der Waals surface area contributed by atoms with Gasteiger partial charge < -0.3 is 14.7 Å². The van der Waals surface area contributed by atoms with E-state index in [9.17, 15) is 9.59 Å². The molecule has 1 aliphatic heterocycles. The molecule has 0 spiro atoms. The fraction of sp³-hybridized carbons (Fsp3) is 0.261. The van der Waals surface area contributed by atoms with Gasteiger partial charge in [-0.05, 0) is 29.5 Å². The summed E-state index contributed by atoms with van der Waals surface area (Å²) in [5.74, 6) is 0.198. The van der Waals surface area contributed by atoms with Crippen LogP contribution in [-0.4, -0.2) is 30.1 Å². The van der Waals surface area contributed by atoms with Crippen molar-refractivity contribution in [1.29, 1.82) is 0 Å². The molecule has 6 nitrogen and oxygen atoms in total. The number of hydrogen-bond acceptors (Lipinski definition) is 4. The van der Waals surface area contributed by atoms with Gasteiger partial charge in [0.2, 0.25) is 5.91 Å². The number of nitrogens with zero attached hydrogens (tertiary/aromatic N) is 2. The maximum atomic E-state index is 12.9. The summed E-state index contributed by atoms with van der Waals surface area (Å²) in [6.07, 6.45) is 1.08. The smallest absolute Gasteiger partial charge is 0.274 e. The Hall–Kier alpha value is -3.41. The zero-order valence-electron chi connectivity index (χ0n) is 16.5. The van der Waals surface area contributed by atoms with Crippen LogP contribution in [-0.2, 0) is 11.2 Å². The SMILES string of the molecule is C[C@H]1C[C@@H](NC(=O)c2cc(Cc3ccccc3)on2)C(=O)N(C)c2ccccc21. The molecule has 4 rings (SSSR count). The van der Waals surface area contributed by atoms with E-state index in [1.54, 1.807) is 18.0 Å². The van der Waals surface area contributed by atoms with Gasteiger partial charge in [0.25, 0.3) is 5.91 Å². The molecule has 0 saturated carbocycles. The fourth-order valence-corrected chi connectivity index (χ4v) is 3.80. The molecule has 0 aliphatic carbocycles. The lowest BCUT2D eigenvalue weighted by Gasteiger charge is -2.21. The molecule has 0 fully saturated rings. The number of likely N-dealkylation sites (N-methyl/N-ethyl adjacent to an activating group) is 1. The third-order valence-electron chi connectivity index (χ3n) is 5.37. The Morgan fingerprint density at radius 1 is 1.17 bits per heavy atom. The van der Waals surface area contributed by atoms with E-state index in [0.29, 0.717) is 18.6 Å². The molecule has 2 amide bonds. The number of anilines is 1. The summed E-state index contributed by atoms with van der Waals surface area (Å²) in [4.78, 5) is 27.3. The van der Waals surface area contributed by atoms with Crippen LogP contribution in [0.25, 0.3) is 0 Å². The highest BCUT2D eigenvalue weighted by Gasteiger charge is 2.33. The van der Waals surface area contributed by atoms with Crippen LogP contribution in [0, 0.1) is 0 Å². The Morgan fingerprint density at radius 2 is 1.90 bits per heavy atom. The Balaban J connectivity index is 1.48. The first-order valence-corrected chi connectivity index (χ1v) is 9.70. The Labute approximate surface area is 169 Å². The number of fused-ring (bicyclic) bond motifs is 1. The number of carbonyl (C=O) groups excluding carboxylic acids is 2. The highest BCUT2D eigenvalue weighted by atomic mass is 16.5. The van der Waals surface area contributed by atoms with Gasteiger partial charge >= 0.3 is 0 Å². The molecule has 2 aromatic carbocycles. The first-order chi connectivity index (χ1) is 14.0. The number of para-hydroxylation sites is 1. The van der Waals surface area contributed by atoms with Gasteiger partial charge in [-0.3, -0.25) is 9.59 Å². The molecule has 6 heteroatoms. The summed E-state index contributed by atoms with van der Waals surface area (Å²) in [5.41, 5.74) is 3.24. The van der Waals surface area contributed by atoms with Gasteiger partial charge in [0.1, 0.15) is 11.8 Å². The first kappa shape index (κ1) is 18.9. The van der Waals surface area contributed by atoms with Crippen LogP contribution in [0.4, 0.5) is 5.69 Å². The van der Waals surface area contributed by atoms with Gasteiger partial charge in [0, 0.05) is 25.2 Å². The van der Waals surface area contributed by atoms with Crippen molar-refractivity contribution in [2.24, 2.45) is 0 Å². The zero-order chi connectivity index (χ0) is 20.4. The molecule has 29 heavy (non-hydrogen) atoms. The topological polar surface area (TPSA) is 75.4 Å². The second-order valence-corrected chi connectivity index (χ2v) is 7.46. The Morgan fingerprint density at radius 3 is 2.69 bits per heavy atom. The van der Waals surface area contributed by atoms with Crippen molar-refractivity contribution in [3.05, 3.63) is 83.2 Å². The number of amides is 2. The van der Waals surface area contributed by atoms with E-state index in [4.69, 9.17) is 4.52 Å². The maximum Gasteiger partial charge on any atom is 0.274 e. The molecule has 148 valence electrons. The molecular formula is C23H23N3O3. The molecule has 1 aliphatic rings. The van der Waals surface area contributed by atoms with Gasteiger partial charge in [-0.25, -0.2) is 0 Å². The minimum Gasteiger partial charge on any atom is -0.360 e. The van der Waals surface area contributed by atoms with Crippen molar-refractivity contribution in [1.82, 2.24) is 10.5 Å². The van der Waals surface area contributed by atoms with Gasteiger partial charge in [-0.15, -0.1) is 0 Å². The van der Waals surface area contributed by atoms with Crippen molar-refractivity contribution >= 4 is 17.5 Å². The fourth-order valence-electron chi connectivity index (χ4n) is 3.80. The molecule has 3 aromatic rings. The lowest BCUT2D eigenvalue weighted by molar-refractivity contribution is -0.120. The maximum absolute atomic E-state index is 12.9. The molecule has 0 unspecified atom stereocenters. The number of nitrogens with one attached hydrogen (secondary N) is 1. The van der Waals surface area contributed by atoms with Crippen LogP contribution < -0.4 is 10.2 Å². The Kier molecular flexibility index (Phi) is 5.16. The van der Waals surface area contributed by atoms with Crippen molar-refractivity contribution < 1.29 is 14.1 Å². The third kappa shape index (κ3) is 3.92. The van der Waals surface area contributed by atoms with Crippen molar-refractivity contribution in [3.8, 4) is 0 Å².